The molecule has 0 aliphatic carbocycles. The van der Waals surface area contributed by atoms with Gasteiger partial charge in [-0.2, -0.15) is 0 Å². The van der Waals surface area contributed by atoms with E-state index in [4.69, 9.17) is 10.8 Å². The second kappa shape index (κ2) is 6.85. The normalized spacial score (nSPS) is 14.1. The molecule has 0 aromatic carbocycles. The largest absolute Gasteiger partial charge is 0.480 e. The zero-order chi connectivity index (χ0) is 13.6. The molecule has 0 rings (SSSR count). The number of hydrogen-bond donors (Lipinski definition) is 3. The van der Waals surface area contributed by atoms with Gasteiger partial charge in [-0.15, -0.1) is 0 Å². The van der Waals surface area contributed by atoms with Gasteiger partial charge in [-0.1, -0.05) is 6.92 Å². The molecule has 0 aliphatic heterocycles. The van der Waals surface area contributed by atoms with Crippen LogP contribution < -0.4 is 11.1 Å². The van der Waals surface area contributed by atoms with Crippen LogP contribution in [-0.4, -0.2) is 46.5 Å². The zero-order valence-electron chi connectivity index (χ0n) is 10.3. The first kappa shape index (κ1) is 15.4. The van der Waals surface area contributed by atoms with Crippen molar-refractivity contribution in [2.75, 3.05) is 6.54 Å². The molecule has 0 spiro atoms. The van der Waals surface area contributed by atoms with E-state index in [0.717, 1.165) is 0 Å². The third-order valence-electron chi connectivity index (χ3n) is 2.60. The van der Waals surface area contributed by atoms with Gasteiger partial charge in [0.05, 0.1) is 12.6 Å². The van der Waals surface area contributed by atoms with Crippen LogP contribution in [0.25, 0.3) is 0 Å². The van der Waals surface area contributed by atoms with Gasteiger partial charge in [0.1, 0.15) is 0 Å². The quantitative estimate of drug-likeness (QED) is 0.597. The summed E-state index contributed by atoms with van der Waals surface area (Å²) < 4.78 is 0. The lowest BCUT2D eigenvalue weighted by atomic mass is 10.1. The number of amides is 3. The van der Waals surface area contributed by atoms with Gasteiger partial charge in [-0.05, 0) is 20.3 Å². The molecule has 3 amide bonds. The molecular formula is C10H19N3O4. The molecule has 0 radical (unpaired) electrons. The number of aliphatic carboxylic acids is 1. The number of nitrogens with zero attached hydrogens (tertiary/aromatic N) is 1. The van der Waals surface area contributed by atoms with Crippen LogP contribution in [0.4, 0.5) is 4.79 Å². The lowest BCUT2D eigenvalue weighted by Gasteiger charge is -2.31. The van der Waals surface area contributed by atoms with Crippen LogP contribution in [0.2, 0.25) is 0 Å². The van der Waals surface area contributed by atoms with Crippen molar-refractivity contribution in [2.45, 2.75) is 39.3 Å². The summed E-state index contributed by atoms with van der Waals surface area (Å²) in [6.07, 6.45) is 0.696. The Hall–Kier alpha value is -1.63. The fourth-order valence-electron chi connectivity index (χ4n) is 1.44. The summed E-state index contributed by atoms with van der Waals surface area (Å²) in [6.45, 7) is 4.98. The molecule has 0 aliphatic rings. The maximum absolute atomic E-state index is 11.6. The summed E-state index contributed by atoms with van der Waals surface area (Å²) in [7, 11) is 0. The average molecular weight is 245 g/mol. The number of carbonyl (C=O) groups excluding carboxylic acids is 2. The predicted octanol–water partition coefficient (Wildman–Crippen LogP) is -0.245. The van der Waals surface area contributed by atoms with Crippen molar-refractivity contribution in [1.82, 2.24) is 10.2 Å². The van der Waals surface area contributed by atoms with Crippen molar-refractivity contribution in [1.29, 1.82) is 0 Å². The molecule has 0 heterocycles. The standard InChI is InChI=1S/C10H19N3O4/c1-4-6(2)13(5-8(14)15)7(3)9(16)12-10(11)17/h6-7H,4-5H2,1-3H3,(H,14,15)(H3,11,12,16,17). The fourth-order valence-corrected chi connectivity index (χ4v) is 1.44. The highest BCUT2D eigenvalue weighted by Crippen LogP contribution is 2.08. The van der Waals surface area contributed by atoms with Gasteiger partial charge < -0.3 is 10.8 Å². The third-order valence-corrected chi connectivity index (χ3v) is 2.60. The van der Waals surface area contributed by atoms with E-state index < -0.39 is 23.9 Å². The van der Waals surface area contributed by atoms with Crippen molar-refractivity contribution in [2.24, 2.45) is 5.73 Å². The summed E-state index contributed by atoms with van der Waals surface area (Å²) in [4.78, 5) is 34.3. The van der Waals surface area contributed by atoms with Crippen molar-refractivity contribution in [3.8, 4) is 0 Å². The highest BCUT2D eigenvalue weighted by Gasteiger charge is 2.27. The molecule has 7 nitrogen and oxygen atoms in total. The number of nitrogens with two attached hydrogens (primary N) is 1. The Bertz CT molecular complexity index is 306. The molecular weight excluding hydrogens is 226 g/mol. The van der Waals surface area contributed by atoms with E-state index in [9.17, 15) is 14.4 Å². The molecule has 0 saturated carbocycles. The van der Waals surface area contributed by atoms with Crippen LogP contribution in [0.3, 0.4) is 0 Å². The molecule has 17 heavy (non-hydrogen) atoms. The van der Waals surface area contributed by atoms with Crippen molar-refractivity contribution < 1.29 is 19.5 Å². The Morgan fingerprint density at radius 2 is 1.88 bits per heavy atom. The lowest BCUT2D eigenvalue weighted by molar-refractivity contribution is -0.140. The van der Waals surface area contributed by atoms with Gasteiger partial charge in [-0.25, -0.2) is 4.79 Å². The van der Waals surface area contributed by atoms with Crippen LogP contribution in [0.15, 0.2) is 0 Å². The summed E-state index contributed by atoms with van der Waals surface area (Å²) in [5, 5.41) is 10.7. The van der Waals surface area contributed by atoms with Crippen LogP contribution in [0, 0.1) is 0 Å². The van der Waals surface area contributed by atoms with E-state index in [1.807, 2.05) is 19.2 Å². The van der Waals surface area contributed by atoms with E-state index >= 15 is 0 Å². The molecule has 0 aromatic heterocycles. The monoisotopic (exact) mass is 245 g/mol. The number of carbonyl (C=O) groups is 3. The minimum atomic E-state index is -1.02. The lowest BCUT2D eigenvalue weighted by Crippen LogP contribution is -2.52. The van der Waals surface area contributed by atoms with E-state index in [1.54, 1.807) is 0 Å². The van der Waals surface area contributed by atoms with Crippen LogP contribution >= 0.6 is 0 Å². The number of nitrogens with one attached hydrogen (secondary N) is 1. The summed E-state index contributed by atoms with van der Waals surface area (Å²) in [6, 6.07) is -1.76. The number of urea groups is 1. The van der Waals surface area contributed by atoms with Crippen molar-refractivity contribution >= 4 is 17.9 Å². The average Bonchev–Trinajstić information content (AvgIpc) is 2.22. The molecule has 0 aromatic rings. The van der Waals surface area contributed by atoms with Gasteiger partial charge in [-0.3, -0.25) is 19.8 Å². The van der Waals surface area contributed by atoms with Gasteiger partial charge in [0.25, 0.3) is 0 Å². The molecule has 2 unspecified atom stereocenters. The summed E-state index contributed by atoms with van der Waals surface area (Å²) in [5.41, 5.74) is 4.84. The van der Waals surface area contributed by atoms with E-state index in [0.29, 0.717) is 6.42 Å². The zero-order valence-corrected chi connectivity index (χ0v) is 10.3. The Kier molecular flexibility index (Phi) is 6.19. The van der Waals surface area contributed by atoms with Crippen molar-refractivity contribution in [3.63, 3.8) is 0 Å². The Labute approximate surface area is 100.0 Å². The number of imide groups is 1. The first-order valence-corrected chi connectivity index (χ1v) is 5.37. The van der Waals surface area contributed by atoms with E-state index in [1.165, 1.54) is 11.8 Å². The minimum absolute atomic E-state index is 0.0836. The highest BCUT2D eigenvalue weighted by atomic mass is 16.4. The molecule has 4 N–H and O–H groups in total. The number of carboxylic acid groups (broad SMARTS) is 1. The number of hydrogen-bond acceptors (Lipinski definition) is 4. The molecule has 7 heteroatoms. The minimum Gasteiger partial charge on any atom is -0.480 e. The van der Waals surface area contributed by atoms with Gasteiger partial charge in [0, 0.05) is 6.04 Å². The molecule has 0 saturated heterocycles. The van der Waals surface area contributed by atoms with E-state index in [-0.39, 0.29) is 12.6 Å². The predicted molar refractivity (Wildman–Crippen MR) is 61.3 cm³/mol. The van der Waals surface area contributed by atoms with Gasteiger partial charge in [0.15, 0.2) is 0 Å². The van der Waals surface area contributed by atoms with Crippen LogP contribution in [0.1, 0.15) is 27.2 Å². The smallest absolute Gasteiger partial charge is 0.318 e. The third kappa shape index (κ3) is 5.30. The van der Waals surface area contributed by atoms with E-state index in [2.05, 4.69) is 0 Å². The van der Waals surface area contributed by atoms with Gasteiger partial charge in [0.2, 0.25) is 5.91 Å². The Morgan fingerprint density at radius 1 is 1.35 bits per heavy atom. The molecule has 0 bridgehead atoms. The molecule has 2 atom stereocenters. The number of rotatable bonds is 6. The maximum Gasteiger partial charge on any atom is 0.318 e. The first-order valence-electron chi connectivity index (χ1n) is 5.37. The SMILES string of the molecule is CCC(C)N(CC(=O)O)C(C)C(=O)NC(N)=O. The molecule has 0 fully saturated rings. The molecule has 98 valence electrons. The Balaban J connectivity index is 4.72. The van der Waals surface area contributed by atoms with Crippen LogP contribution in [0.5, 0.6) is 0 Å². The second-order valence-electron chi connectivity index (χ2n) is 3.85. The van der Waals surface area contributed by atoms with Crippen molar-refractivity contribution in [3.05, 3.63) is 0 Å². The number of carboxylic acids is 1. The second-order valence-corrected chi connectivity index (χ2v) is 3.85. The fraction of sp³-hybridized carbons (Fsp3) is 0.700. The first-order chi connectivity index (χ1) is 7.79. The Morgan fingerprint density at radius 3 is 2.24 bits per heavy atom. The summed E-state index contributed by atoms with van der Waals surface area (Å²) >= 11 is 0. The highest BCUT2D eigenvalue weighted by molar-refractivity contribution is 5.96. The number of primary amides is 1. The summed E-state index contributed by atoms with van der Waals surface area (Å²) in [5.74, 6) is -1.62. The van der Waals surface area contributed by atoms with Crippen LogP contribution in [-0.2, 0) is 9.59 Å². The van der Waals surface area contributed by atoms with Gasteiger partial charge >= 0.3 is 12.0 Å². The topological polar surface area (TPSA) is 113 Å². The maximum atomic E-state index is 11.6.